The summed E-state index contributed by atoms with van der Waals surface area (Å²) in [6, 6.07) is 0. The lowest BCUT2D eigenvalue weighted by molar-refractivity contribution is 0.569. The second-order valence-corrected chi connectivity index (χ2v) is 3.71. The normalized spacial score (nSPS) is 10.4. The summed E-state index contributed by atoms with van der Waals surface area (Å²) < 4.78 is 0. The van der Waals surface area contributed by atoms with Gasteiger partial charge < -0.3 is 21.3 Å². The van der Waals surface area contributed by atoms with Gasteiger partial charge in [0.1, 0.15) is 0 Å². The van der Waals surface area contributed by atoms with Gasteiger partial charge in [0.2, 0.25) is 0 Å². The van der Waals surface area contributed by atoms with Gasteiger partial charge in [0.15, 0.2) is 0 Å². The molecule has 0 saturated carbocycles. The zero-order chi connectivity index (χ0) is 13.3. The molecule has 0 heterocycles. The largest absolute Gasteiger partial charge is 0.314 e. The Bertz CT molecular complexity index is 173. The van der Waals surface area contributed by atoms with Gasteiger partial charge in [-0.05, 0) is 0 Å². The van der Waals surface area contributed by atoms with Crippen molar-refractivity contribution >= 4 is 0 Å². The Morgan fingerprint density at radius 2 is 0.778 bits per heavy atom. The molecule has 0 unspecified atom stereocenters. The molecule has 0 atom stereocenters. The summed E-state index contributed by atoms with van der Waals surface area (Å²) in [6.07, 6.45) is 0. The van der Waals surface area contributed by atoms with Crippen molar-refractivity contribution in [2.45, 2.75) is 0 Å². The second-order valence-electron chi connectivity index (χ2n) is 3.71. The Balaban J connectivity index is 2.90. The van der Waals surface area contributed by atoms with Crippen LogP contribution in [-0.4, -0.2) is 65.4 Å². The highest BCUT2D eigenvalue weighted by Gasteiger charge is 1.90. The van der Waals surface area contributed by atoms with E-state index in [0.717, 1.165) is 39.3 Å². The van der Waals surface area contributed by atoms with Gasteiger partial charge in [0, 0.05) is 52.4 Å². The van der Waals surface area contributed by atoms with Gasteiger partial charge in [-0.25, -0.2) is 0 Å². The maximum absolute atomic E-state index is 9.78. The second kappa shape index (κ2) is 16.0. The van der Waals surface area contributed by atoms with E-state index >= 15 is 0 Å². The predicted octanol–water partition coefficient (Wildman–Crippen LogP) is -1.12. The molecule has 4 N–H and O–H groups in total. The van der Waals surface area contributed by atoms with Crippen LogP contribution < -0.4 is 21.3 Å². The smallest absolute Gasteiger partial charge is 0.0935 e. The number of nitrogens with one attached hydrogen (secondary N) is 4. The molecule has 0 aliphatic carbocycles. The number of hydrogen-bond donors (Lipinski definition) is 4. The molecule has 0 aromatic rings. The standard InChI is InChI=1S/C10H24N6O2/c17-15-9-7-13-5-3-11-1-2-12-4-6-14-8-10-16-18/h11-14H,1-10H2. The first-order valence-electron chi connectivity index (χ1n) is 6.33. The van der Waals surface area contributed by atoms with E-state index in [1.165, 1.54) is 0 Å². The molecule has 0 fully saturated rings. The molecule has 8 nitrogen and oxygen atoms in total. The number of hydrogen-bond acceptors (Lipinski definition) is 8. The summed E-state index contributed by atoms with van der Waals surface area (Å²) in [4.78, 5) is 19.6. The first-order chi connectivity index (χ1) is 8.91. The summed E-state index contributed by atoms with van der Waals surface area (Å²) in [5.41, 5.74) is 0. The summed E-state index contributed by atoms with van der Waals surface area (Å²) in [7, 11) is 0. The predicted molar refractivity (Wildman–Crippen MR) is 72.8 cm³/mol. The van der Waals surface area contributed by atoms with Crippen LogP contribution in [0.15, 0.2) is 10.4 Å². The van der Waals surface area contributed by atoms with Crippen molar-refractivity contribution in [2.24, 2.45) is 10.4 Å². The molecule has 18 heavy (non-hydrogen) atoms. The molecule has 8 heteroatoms. The molecule has 0 amide bonds. The summed E-state index contributed by atoms with van der Waals surface area (Å²) in [6.45, 7) is 7.20. The van der Waals surface area contributed by atoms with Crippen molar-refractivity contribution < 1.29 is 0 Å². The molecule has 0 radical (unpaired) electrons. The van der Waals surface area contributed by atoms with Crippen LogP contribution in [0.4, 0.5) is 0 Å². The van der Waals surface area contributed by atoms with E-state index in [1.54, 1.807) is 0 Å². The Morgan fingerprint density at radius 1 is 0.500 bits per heavy atom. The first kappa shape index (κ1) is 17.0. The van der Waals surface area contributed by atoms with Crippen LogP contribution in [0.3, 0.4) is 0 Å². The number of rotatable bonds is 15. The van der Waals surface area contributed by atoms with E-state index in [9.17, 15) is 9.81 Å². The monoisotopic (exact) mass is 260 g/mol. The van der Waals surface area contributed by atoms with Crippen LogP contribution in [0.2, 0.25) is 0 Å². The highest BCUT2D eigenvalue weighted by molar-refractivity contribution is 4.57. The van der Waals surface area contributed by atoms with E-state index in [4.69, 9.17) is 0 Å². The molecule has 0 spiro atoms. The van der Waals surface area contributed by atoms with Gasteiger partial charge in [0.05, 0.1) is 13.1 Å². The quantitative estimate of drug-likeness (QED) is 0.219. The van der Waals surface area contributed by atoms with E-state index in [2.05, 4.69) is 31.6 Å². The van der Waals surface area contributed by atoms with Crippen molar-refractivity contribution in [3.63, 3.8) is 0 Å². The maximum atomic E-state index is 9.78. The lowest BCUT2D eigenvalue weighted by atomic mass is 10.5. The average Bonchev–Trinajstić information content (AvgIpc) is 2.39. The van der Waals surface area contributed by atoms with E-state index in [-0.39, 0.29) is 0 Å². The molecule has 0 rings (SSSR count). The minimum atomic E-state index is 0.328. The van der Waals surface area contributed by atoms with E-state index in [1.807, 2.05) is 0 Å². The van der Waals surface area contributed by atoms with Crippen molar-refractivity contribution in [1.82, 2.24) is 21.3 Å². The van der Waals surface area contributed by atoms with Crippen LogP contribution in [0.25, 0.3) is 0 Å². The molecule has 0 bridgehead atoms. The average molecular weight is 260 g/mol. The van der Waals surface area contributed by atoms with Gasteiger partial charge in [-0.1, -0.05) is 10.4 Å². The molecular formula is C10H24N6O2. The summed E-state index contributed by atoms with van der Waals surface area (Å²) in [5.74, 6) is 0. The third-order valence-corrected chi connectivity index (χ3v) is 2.20. The molecule has 0 aliphatic rings. The van der Waals surface area contributed by atoms with Crippen LogP contribution >= 0.6 is 0 Å². The third-order valence-electron chi connectivity index (χ3n) is 2.20. The summed E-state index contributed by atoms with van der Waals surface area (Å²) in [5, 5.41) is 18.2. The molecule has 0 saturated heterocycles. The first-order valence-corrected chi connectivity index (χ1v) is 6.33. The third kappa shape index (κ3) is 15.0. The number of nitroso groups, excluding NO2 is 2. The zero-order valence-corrected chi connectivity index (χ0v) is 10.8. The minimum Gasteiger partial charge on any atom is -0.314 e. The van der Waals surface area contributed by atoms with Crippen LogP contribution in [0, 0.1) is 9.81 Å². The molecular weight excluding hydrogens is 236 g/mol. The lowest BCUT2D eigenvalue weighted by Gasteiger charge is -2.07. The Morgan fingerprint density at radius 3 is 1.06 bits per heavy atom. The maximum Gasteiger partial charge on any atom is 0.0935 e. The minimum absolute atomic E-state index is 0.328. The molecule has 106 valence electrons. The Kier molecular flexibility index (Phi) is 15.2. The Labute approximate surface area is 108 Å². The van der Waals surface area contributed by atoms with Crippen molar-refractivity contribution in [2.75, 3.05) is 65.4 Å². The van der Waals surface area contributed by atoms with Crippen LogP contribution in [0.1, 0.15) is 0 Å². The zero-order valence-electron chi connectivity index (χ0n) is 10.8. The molecule has 0 aromatic carbocycles. The van der Waals surface area contributed by atoms with Crippen molar-refractivity contribution in [3.05, 3.63) is 9.81 Å². The van der Waals surface area contributed by atoms with Gasteiger partial charge >= 0.3 is 0 Å². The van der Waals surface area contributed by atoms with E-state index in [0.29, 0.717) is 26.2 Å². The Hall–Kier alpha value is -0.960. The van der Waals surface area contributed by atoms with Crippen molar-refractivity contribution in [3.8, 4) is 0 Å². The highest BCUT2D eigenvalue weighted by Crippen LogP contribution is 1.66. The lowest BCUT2D eigenvalue weighted by Crippen LogP contribution is -2.35. The van der Waals surface area contributed by atoms with E-state index < -0.39 is 0 Å². The SMILES string of the molecule is O=NCCNCCNCCNCCNCCN=O. The van der Waals surface area contributed by atoms with Gasteiger partial charge in [-0.15, -0.1) is 0 Å². The fourth-order valence-corrected chi connectivity index (χ4v) is 1.28. The van der Waals surface area contributed by atoms with Gasteiger partial charge in [0.25, 0.3) is 0 Å². The topological polar surface area (TPSA) is 107 Å². The van der Waals surface area contributed by atoms with Crippen LogP contribution in [-0.2, 0) is 0 Å². The molecule has 0 aliphatic heterocycles. The fraction of sp³-hybridized carbons (Fsp3) is 1.00. The van der Waals surface area contributed by atoms with Gasteiger partial charge in [-0.2, -0.15) is 9.81 Å². The number of nitrogens with zero attached hydrogens (tertiary/aromatic N) is 2. The van der Waals surface area contributed by atoms with Crippen molar-refractivity contribution in [1.29, 1.82) is 0 Å². The van der Waals surface area contributed by atoms with Crippen LogP contribution in [0.5, 0.6) is 0 Å². The van der Waals surface area contributed by atoms with Gasteiger partial charge in [-0.3, -0.25) is 0 Å². The highest BCUT2D eigenvalue weighted by atomic mass is 16.3. The molecule has 0 aromatic heterocycles. The fourth-order valence-electron chi connectivity index (χ4n) is 1.28. The summed E-state index contributed by atoms with van der Waals surface area (Å²) >= 11 is 0.